The van der Waals surface area contributed by atoms with Gasteiger partial charge in [0, 0.05) is 20.7 Å². The molecule has 3 aromatic carbocycles. The normalized spacial score (nSPS) is 11.6. The van der Waals surface area contributed by atoms with Crippen molar-refractivity contribution in [3.8, 4) is 11.5 Å². The Kier molecular flexibility index (Phi) is 11.0. The molecule has 196 valence electrons. The zero-order chi connectivity index (χ0) is 25.0. The first-order valence-electron chi connectivity index (χ1n) is 11.9. The molecule has 1 heterocycles. The van der Waals surface area contributed by atoms with Crippen molar-refractivity contribution in [2.75, 3.05) is 0 Å². The van der Waals surface area contributed by atoms with Gasteiger partial charge in [-0.05, 0) is 53.3 Å². The predicted octanol–water partition coefficient (Wildman–Crippen LogP) is 2.71. The minimum atomic E-state index is -0.278. The van der Waals surface area contributed by atoms with Gasteiger partial charge in [0.2, 0.25) is 0 Å². The molecule has 0 aliphatic rings. The molecule has 0 saturated carbocycles. The molecule has 1 aromatic heterocycles. The van der Waals surface area contributed by atoms with Crippen LogP contribution in [0.25, 0.3) is 10.1 Å². The summed E-state index contributed by atoms with van der Waals surface area (Å²) in [5.74, 6) is 0.358. The van der Waals surface area contributed by atoms with Gasteiger partial charge in [0.1, 0.15) is 11.5 Å². The maximum Gasteiger partial charge on any atom is 2.00 e. The van der Waals surface area contributed by atoms with Crippen LogP contribution in [0, 0.1) is 13.8 Å². The largest absolute Gasteiger partial charge is 2.00 e. The first kappa shape index (κ1) is 33.5. The molecule has 2 N–H and O–H groups in total. The minimum absolute atomic E-state index is 0. The number of halogens is 2. The topological polar surface area (TPSA) is 40.5 Å². The summed E-state index contributed by atoms with van der Waals surface area (Å²) in [6.45, 7) is 16.9. The van der Waals surface area contributed by atoms with Crippen molar-refractivity contribution >= 4 is 21.4 Å². The van der Waals surface area contributed by atoms with Crippen LogP contribution in [0.5, 0.6) is 11.5 Å². The van der Waals surface area contributed by atoms with E-state index in [-0.39, 0.29) is 63.3 Å². The number of fused-ring (bicyclic) bond motifs is 1. The standard InChI is InChI=1S/C31H36O2S.2ClH.Ti/c1-18-13-21(28(32)23(15-18)30(3,4)5)27(26-17-20-11-9-10-12-25(20)34-26)22-14-19(2)16-24(29(22)33)31(6,7)8;;;/h9-17,27,32-33H,1-8H3;2*1H;/q;;;+2/p-2. The van der Waals surface area contributed by atoms with Gasteiger partial charge in [-0.15, -0.1) is 11.3 Å². The summed E-state index contributed by atoms with van der Waals surface area (Å²) >= 11 is 1.73. The Morgan fingerprint density at radius 1 is 0.676 bits per heavy atom. The molecule has 2 nitrogen and oxygen atoms in total. The molecule has 0 radical (unpaired) electrons. The van der Waals surface area contributed by atoms with Crippen LogP contribution in [0.15, 0.2) is 54.6 Å². The molecule has 4 rings (SSSR count). The van der Waals surface area contributed by atoms with Crippen molar-refractivity contribution < 1.29 is 56.7 Å². The summed E-state index contributed by atoms with van der Waals surface area (Å²) in [7, 11) is 0. The van der Waals surface area contributed by atoms with E-state index in [4.69, 9.17) is 0 Å². The minimum Gasteiger partial charge on any atom is -1.00 e. The van der Waals surface area contributed by atoms with E-state index in [1.54, 1.807) is 11.3 Å². The third kappa shape index (κ3) is 6.75. The second-order valence-electron chi connectivity index (χ2n) is 11.6. The number of aromatic hydroxyl groups is 2. The van der Waals surface area contributed by atoms with Gasteiger partial charge in [-0.2, -0.15) is 0 Å². The molecule has 0 spiro atoms. The summed E-state index contributed by atoms with van der Waals surface area (Å²) in [5.41, 5.74) is 5.34. The van der Waals surface area contributed by atoms with Crippen molar-refractivity contribution in [1.82, 2.24) is 0 Å². The van der Waals surface area contributed by atoms with Crippen LogP contribution in [0.2, 0.25) is 0 Å². The van der Waals surface area contributed by atoms with Crippen molar-refractivity contribution in [1.29, 1.82) is 0 Å². The first-order chi connectivity index (χ1) is 15.8. The Morgan fingerprint density at radius 2 is 1.11 bits per heavy atom. The van der Waals surface area contributed by atoms with Gasteiger partial charge in [0.15, 0.2) is 0 Å². The molecule has 0 amide bonds. The van der Waals surface area contributed by atoms with Crippen molar-refractivity contribution in [3.63, 3.8) is 0 Å². The van der Waals surface area contributed by atoms with Gasteiger partial charge in [0.25, 0.3) is 0 Å². The summed E-state index contributed by atoms with van der Waals surface area (Å²) in [6.07, 6.45) is 0. The third-order valence-electron chi connectivity index (χ3n) is 6.53. The SMILES string of the molecule is Cc1cc(C(c2cc3ccccc3s2)c2cc(C)cc(C(C)(C)C)c2O)c(O)c(C(C)(C)C)c1.[Cl-].[Cl-].[Ti+2]. The second-order valence-corrected chi connectivity index (χ2v) is 12.7. The van der Waals surface area contributed by atoms with Crippen LogP contribution in [0.3, 0.4) is 0 Å². The molecule has 0 saturated heterocycles. The first-order valence-corrected chi connectivity index (χ1v) is 12.8. The molecule has 4 aromatic rings. The number of hydrogen-bond donors (Lipinski definition) is 2. The Balaban J connectivity index is 0.00000228. The Labute approximate surface area is 253 Å². The van der Waals surface area contributed by atoms with E-state index in [1.807, 2.05) is 0 Å². The van der Waals surface area contributed by atoms with E-state index >= 15 is 0 Å². The van der Waals surface area contributed by atoms with Gasteiger partial charge >= 0.3 is 21.7 Å². The average Bonchev–Trinajstić information content (AvgIpc) is 3.14. The van der Waals surface area contributed by atoms with Gasteiger partial charge in [-0.3, -0.25) is 0 Å². The van der Waals surface area contributed by atoms with Crippen molar-refractivity contribution in [2.45, 2.75) is 72.1 Å². The smallest absolute Gasteiger partial charge is 1.00 e. The molecule has 0 aliphatic carbocycles. The Morgan fingerprint density at radius 3 is 1.51 bits per heavy atom. The van der Waals surface area contributed by atoms with Crippen LogP contribution >= 0.6 is 11.3 Å². The maximum atomic E-state index is 11.6. The Hall–Kier alpha value is -1.49. The third-order valence-corrected chi connectivity index (χ3v) is 7.72. The zero-order valence-electron chi connectivity index (χ0n) is 22.8. The predicted molar refractivity (Wildman–Crippen MR) is 146 cm³/mol. The van der Waals surface area contributed by atoms with Crippen molar-refractivity contribution in [3.05, 3.63) is 92.9 Å². The fourth-order valence-electron chi connectivity index (χ4n) is 4.82. The van der Waals surface area contributed by atoms with E-state index in [1.165, 1.54) is 10.1 Å². The van der Waals surface area contributed by atoms with Gasteiger partial charge < -0.3 is 35.0 Å². The van der Waals surface area contributed by atoms with E-state index in [9.17, 15) is 10.2 Å². The van der Waals surface area contributed by atoms with Crippen LogP contribution in [0.4, 0.5) is 0 Å². The van der Waals surface area contributed by atoms with E-state index < -0.39 is 0 Å². The Bertz CT molecular complexity index is 1280. The van der Waals surface area contributed by atoms with Crippen molar-refractivity contribution in [2.24, 2.45) is 0 Å². The monoisotopic (exact) mass is 590 g/mol. The van der Waals surface area contributed by atoms with E-state index in [2.05, 4.69) is 110 Å². The molecule has 37 heavy (non-hydrogen) atoms. The zero-order valence-corrected chi connectivity index (χ0v) is 26.7. The second kappa shape index (κ2) is 12.1. The van der Waals surface area contributed by atoms with E-state index in [0.717, 1.165) is 38.3 Å². The molecule has 0 atom stereocenters. The summed E-state index contributed by atoms with van der Waals surface area (Å²) in [5, 5.41) is 24.4. The molecule has 0 fully saturated rings. The van der Waals surface area contributed by atoms with Crippen LogP contribution in [-0.2, 0) is 32.5 Å². The van der Waals surface area contributed by atoms with Gasteiger partial charge in [-0.25, -0.2) is 0 Å². The molecule has 0 unspecified atom stereocenters. The molecular formula is C31H36Cl2O2STi. The number of benzene rings is 3. The fourth-order valence-corrected chi connectivity index (χ4v) is 6.02. The quantitative estimate of drug-likeness (QED) is 0.360. The van der Waals surface area contributed by atoms with Crippen LogP contribution in [-0.4, -0.2) is 10.2 Å². The number of aryl methyl sites for hydroxylation is 2. The molecule has 6 heteroatoms. The van der Waals surface area contributed by atoms with Gasteiger partial charge in [-0.1, -0.05) is 95.1 Å². The number of phenolic OH excluding ortho intramolecular Hbond substituents is 2. The number of hydrogen-bond acceptors (Lipinski definition) is 3. The molecule has 0 aliphatic heterocycles. The van der Waals surface area contributed by atoms with Gasteiger partial charge in [0.05, 0.1) is 5.92 Å². The molecule has 0 bridgehead atoms. The van der Waals surface area contributed by atoms with Crippen LogP contribution in [0.1, 0.15) is 85.7 Å². The van der Waals surface area contributed by atoms with Crippen LogP contribution < -0.4 is 24.8 Å². The maximum absolute atomic E-state index is 11.6. The fraction of sp³-hybridized carbons (Fsp3) is 0.355. The van der Waals surface area contributed by atoms with E-state index in [0.29, 0.717) is 11.5 Å². The number of thiophene rings is 1. The number of rotatable bonds is 3. The molecular weight excluding hydrogens is 555 g/mol. The summed E-state index contributed by atoms with van der Waals surface area (Å²) in [4.78, 5) is 1.11. The average molecular weight is 591 g/mol. The summed E-state index contributed by atoms with van der Waals surface area (Å²) in [6, 6.07) is 18.9. The summed E-state index contributed by atoms with van der Waals surface area (Å²) < 4.78 is 1.20. The number of phenols is 2.